The van der Waals surface area contributed by atoms with Gasteiger partial charge in [0.25, 0.3) is 0 Å². The van der Waals surface area contributed by atoms with Crippen LogP contribution in [0.25, 0.3) is 0 Å². The Morgan fingerprint density at radius 2 is 1.69 bits per heavy atom. The maximum atomic E-state index is 12.4. The van der Waals surface area contributed by atoms with Gasteiger partial charge in [-0.15, -0.1) is 0 Å². The molecule has 9 heteroatoms. The fourth-order valence-corrected chi connectivity index (χ4v) is 2.66. The van der Waals surface area contributed by atoms with Crippen LogP contribution >= 0.6 is 34.8 Å². The van der Waals surface area contributed by atoms with Gasteiger partial charge in [-0.05, 0) is 65.8 Å². The number of esters is 1. The second-order valence-electron chi connectivity index (χ2n) is 5.80. The molecule has 0 spiro atoms. The molecule has 0 aliphatic heterocycles. The van der Waals surface area contributed by atoms with Crippen LogP contribution in [-0.4, -0.2) is 22.7 Å². The minimum atomic E-state index is -2.33. The quantitative estimate of drug-likeness (QED) is 0.391. The number of carbonyl (C=O) groups is 2. The molecule has 0 aliphatic rings. The van der Waals surface area contributed by atoms with Crippen molar-refractivity contribution in [3.8, 4) is 5.75 Å². The van der Waals surface area contributed by atoms with Gasteiger partial charge in [0.05, 0.1) is 6.61 Å². The number of benzene rings is 2. The highest BCUT2D eigenvalue weighted by atomic mass is 35.6. The number of halogens is 3. The smallest absolute Gasteiger partial charge is 0.489 e. The molecule has 2 aromatic rings. The van der Waals surface area contributed by atoms with E-state index >= 15 is 0 Å². The molecule has 1 atom stereocenters. The summed E-state index contributed by atoms with van der Waals surface area (Å²) in [7, 11) is 0. The molecular formula is C20H19Cl3O6. The summed E-state index contributed by atoms with van der Waals surface area (Å²) < 4.78 is 18.1. The van der Waals surface area contributed by atoms with Gasteiger partial charge in [0.15, 0.2) is 0 Å². The number of aryl methyl sites for hydroxylation is 1. The number of para-hydroxylation sites is 1. The Morgan fingerprint density at radius 3 is 2.34 bits per heavy atom. The monoisotopic (exact) mass is 460 g/mol. The summed E-state index contributed by atoms with van der Waals surface area (Å²) in [6, 6.07) is 14.3. The van der Waals surface area contributed by atoms with Crippen molar-refractivity contribution >= 4 is 46.9 Å². The van der Waals surface area contributed by atoms with Crippen LogP contribution in [0.4, 0.5) is 4.79 Å². The predicted octanol–water partition coefficient (Wildman–Crippen LogP) is 5.66. The third-order valence-corrected chi connectivity index (χ3v) is 3.96. The lowest BCUT2D eigenvalue weighted by Gasteiger charge is -2.21. The molecule has 2 rings (SSSR count). The average Bonchev–Trinajstić information content (AvgIpc) is 2.64. The van der Waals surface area contributed by atoms with E-state index in [4.69, 9.17) is 49.0 Å². The predicted molar refractivity (Wildman–Crippen MR) is 109 cm³/mol. The number of rotatable bonds is 7. The van der Waals surface area contributed by atoms with Crippen molar-refractivity contribution in [3.63, 3.8) is 0 Å². The first-order valence-corrected chi connectivity index (χ1v) is 9.74. The molecule has 0 fully saturated rings. The van der Waals surface area contributed by atoms with Crippen molar-refractivity contribution in [3.05, 3.63) is 65.2 Å². The summed E-state index contributed by atoms with van der Waals surface area (Å²) >= 11 is 16.3. The van der Waals surface area contributed by atoms with Crippen molar-refractivity contribution in [2.24, 2.45) is 0 Å². The molecule has 0 saturated heterocycles. The first-order valence-electron chi connectivity index (χ1n) is 8.60. The van der Waals surface area contributed by atoms with Gasteiger partial charge in [-0.1, -0.05) is 42.5 Å². The summed E-state index contributed by atoms with van der Waals surface area (Å²) in [6.45, 7) is 3.75. The molecule has 0 saturated carbocycles. The lowest BCUT2D eigenvalue weighted by molar-refractivity contribution is -0.155. The van der Waals surface area contributed by atoms with Crippen LogP contribution in [0.3, 0.4) is 0 Å². The molecule has 29 heavy (non-hydrogen) atoms. The van der Waals surface area contributed by atoms with Gasteiger partial charge in [-0.2, -0.15) is 0 Å². The zero-order chi connectivity index (χ0) is 21.4. The molecule has 0 amide bonds. The van der Waals surface area contributed by atoms with Crippen molar-refractivity contribution in [1.29, 1.82) is 0 Å². The highest BCUT2D eigenvalue weighted by molar-refractivity contribution is 6.66. The van der Waals surface area contributed by atoms with Crippen molar-refractivity contribution in [2.45, 2.75) is 30.5 Å². The largest absolute Gasteiger partial charge is 0.513 e. The fourth-order valence-electron chi connectivity index (χ4n) is 2.47. The molecule has 2 aromatic carbocycles. The van der Waals surface area contributed by atoms with E-state index in [0.29, 0.717) is 16.9 Å². The molecule has 156 valence electrons. The highest BCUT2D eigenvalue weighted by Crippen LogP contribution is 2.30. The third-order valence-electron chi connectivity index (χ3n) is 3.73. The molecular weight excluding hydrogens is 443 g/mol. The summed E-state index contributed by atoms with van der Waals surface area (Å²) in [5.74, 6) is -0.108. The Morgan fingerprint density at radius 1 is 1.03 bits per heavy atom. The normalized spacial score (nSPS) is 12.0. The Labute approximate surface area is 183 Å². The van der Waals surface area contributed by atoms with Crippen molar-refractivity contribution in [2.75, 3.05) is 6.61 Å². The summed E-state index contributed by atoms with van der Waals surface area (Å²) in [5.41, 5.74) is 1.92. The van der Waals surface area contributed by atoms with Crippen LogP contribution in [0.5, 0.6) is 5.75 Å². The molecule has 0 N–H and O–H groups in total. The second kappa shape index (κ2) is 10.6. The first kappa shape index (κ1) is 23.1. The number of ether oxygens (including phenoxy) is 4. The molecule has 0 bridgehead atoms. The van der Waals surface area contributed by atoms with E-state index in [1.807, 2.05) is 31.2 Å². The lowest BCUT2D eigenvalue weighted by Crippen LogP contribution is -2.26. The van der Waals surface area contributed by atoms with E-state index in [9.17, 15) is 9.59 Å². The van der Waals surface area contributed by atoms with Crippen LogP contribution < -0.4 is 4.74 Å². The maximum Gasteiger partial charge on any atom is 0.513 e. The van der Waals surface area contributed by atoms with Crippen LogP contribution in [-0.2, 0) is 25.6 Å². The van der Waals surface area contributed by atoms with Crippen LogP contribution in [0.1, 0.15) is 29.7 Å². The molecule has 0 heterocycles. The second-order valence-corrected chi connectivity index (χ2v) is 7.98. The summed E-state index contributed by atoms with van der Waals surface area (Å²) in [4.78, 5) is 24.4. The molecule has 0 radical (unpaired) electrons. The topological polar surface area (TPSA) is 71.1 Å². The van der Waals surface area contributed by atoms with Gasteiger partial charge >= 0.3 is 16.1 Å². The van der Waals surface area contributed by atoms with Crippen LogP contribution in [0.15, 0.2) is 48.5 Å². The molecule has 1 unspecified atom stereocenters. The van der Waals surface area contributed by atoms with Gasteiger partial charge in [-0.25, -0.2) is 9.59 Å². The minimum absolute atomic E-state index is 0.0834. The first-order chi connectivity index (χ1) is 13.7. The molecule has 6 nitrogen and oxygen atoms in total. The standard InChI is InChI=1S/C20H19Cl3O6/c1-3-26-18(24)17(28-19(25)29-20(21,22)23)15-10-6-5-9-14(15)12-27-16-11-7-4-8-13(16)2/h4-11,17H,3,12H2,1-2H3. The van der Waals surface area contributed by atoms with Gasteiger partial charge in [0.2, 0.25) is 6.10 Å². The number of alkyl halides is 3. The molecule has 0 aliphatic carbocycles. The average molecular weight is 462 g/mol. The number of carbonyl (C=O) groups excluding carboxylic acids is 2. The third kappa shape index (κ3) is 7.31. The fraction of sp³-hybridized carbons (Fsp3) is 0.300. The van der Waals surface area contributed by atoms with Gasteiger partial charge in [0.1, 0.15) is 12.4 Å². The lowest BCUT2D eigenvalue weighted by atomic mass is 10.0. The maximum absolute atomic E-state index is 12.4. The van der Waals surface area contributed by atoms with Crippen LogP contribution in [0.2, 0.25) is 0 Å². The van der Waals surface area contributed by atoms with E-state index in [2.05, 4.69) is 4.74 Å². The summed E-state index contributed by atoms with van der Waals surface area (Å²) in [5, 5.41) is 0. The van der Waals surface area contributed by atoms with Gasteiger partial charge < -0.3 is 18.9 Å². The number of hydrogen-bond donors (Lipinski definition) is 0. The summed E-state index contributed by atoms with van der Waals surface area (Å²) in [6.07, 6.45) is -2.76. The van der Waals surface area contributed by atoms with E-state index in [-0.39, 0.29) is 13.2 Å². The van der Waals surface area contributed by atoms with Gasteiger partial charge in [0, 0.05) is 5.56 Å². The van der Waals surface area contributed by atoms with E-state index in [1.165, 1.54) is 0 Å². The Bertz CT molecular complexity index is 850. The highest BCUT2D eigenvalue weighted by Gasteiger charge is 2.33. The zero-order valence-electron chi connectivity index (χ0n) is 15.7. The minimum Gasteiger partial charge on any atom is -0.489 e. The molecule has 0 aromatic heterocycles. The van der Waals surface area contributed by atoms with E-state index < -0.39 is 22.2 Å². The Balaban J connectivity index is 2.27. The zero-order valence-corrected chi connectivity index (χ0v) is 18.0. The Hall–Kier alpha value is -2.15. The SMILES string of the molecule is CCOC(=O)C(OC(=O)OC(Cl)(Cl)Cl)c1ccccc1COc1ccccc1C. The van der Waals surface area contributed by atoms with Gasteiger partial charge in [-0.3, -0.25) is 0 Å². The van der Waals surface area contributed by atoms with E-state index in [1.54, 1.807) is 31.2 Å². The van der Waals surface area contributed by atoms with E-state index in [0.717, 1.165) is 5.56 Å². The number of hydrogen-bond acceptors (Lipinski definition) is 6. The Kier molecular flexibility index (Phi) is 8.44. The van der Waals surface area contributed by atoms with Crippen molar-refractivity contribution in [1.82, 2.24) is 0 Å². The van der Waals surface area contributed by atoms with Crippen LogP contribution in [0, 0.1) is 6.92 Å². The van der Waals surface area contributed by atoms with Crippen molar-refractivity contribution < 1.29 is 28.5 Å².